The van der Waals surface area contributed by atoms with Crippen molar-refractivity contribution in [1.29, 1.82) is 5.26 Å². The molecule has 0 spiro atoms. The van der Waals surface area contributed by atoms with E-state index in [-0.39, 0.29) is 29.1 Å². The van der Waals surface area contributed by atoms with E-state index < -0.39 is 17.0 Å². The monoisotopic (exact) mass is 422 g/mol. The first kappa shape index (κ1) is 18.3. The van der Waals surface area contributed by atoms with Crippen LogP contribution in [-0.2, 0) is 19.5 Å². The van der Waals surface area contributed by atoms with Crippen LogP contribution >= 0.6 is 0 Å². The third-order valence-corrected chi connectivity index (χ3v) is 5.23. The molecule has 1 heterocycles. The number of ether oxygens (including phenoxy) is 2. The molecule has 0 bridgehead atoms. The van der Waals surface area contributed by atoms with Gasteiger partial charge >= 0.3 is 0 Å². The summed E-state index contributed by atoms with van der Waals surface area (Å²) in [5.41, 5.74) is 0.679. The number of allylic oxidation sites excluding steroid dienone is 1. The lowest BCUT2D eigenvalue weighted by molar-refractivity contribution is 0.0868. The average Bonchev–Trinajstić information content (AvgIpc) is 3.00. The summed E-state index contributed by atoms with van der Waals surface area (Å²) in [5.74, 6) is 0.111. The number of nitrogens with one attached hydrogen (secondary N) is 2. The van der Waals surface area contributed by atoms with Gasteiger partial charge < -0.3 is 14.8 Å². The summed E-state index contributed by atoms with van der Waals surface area (Å²) in [6.45, 7) is 2.00. The van der Waals surface area contributed by atoms with E-state index in [1.165, 1.54) is 30.5 Å². The van der Waals surface area contributed by atoms with Crippen molar-refractivity contribution in [2.24, 2.45) is 9.98 Å². The van der Waals surface area contributed by atoms with Gasteiger partial charge in [-0.05, 0) is 50.8 Å². The lowest BCUT2D eigenvalue weighted by Crippen LogP contribution is -2.18. The summed E-state index contributed by atoms with van der Waals surface area (Å²) in [4.78, 5) is 7.75. The normalized spacial score (nSPS) is 20.4. The van der Waals surface area contributed by atoms with Crippen molar-refractivity contribution in [3.05, 3.63) is 35.7 Å². The summed E-state index contributed by atoms with van der Waals surface area (Å²) < 4.78 is 57.9. The van der Waals surface area contributed by atoms with Crippen LogP contribution in [0.5, 0.6) is 0 Å². The van der Waals surface area contributed by atoms with Crippen LogP contribution in [0, 0.1) is 11.3 Å². The van der Waals surface area contributed by atoms with Crippen LogP contribution in [0.1, 0.15) is 23.4 Å². The van der Waals surface area contributed by atoms with Gasteiger partial charge in [0.15, 0.2) is 0 Å². The van der Waals surface area contributed by atoms with Crippen molar-refractivity contribution in [2.45, 2.75) is 30.3 Å². The van der Waals surface area contributed by atoms with Crippen LogP contribution in [0.4, 0.5) is 5.69 Å². The van der Waals surface area contributed by atoms with Crippen LogP contribution in [-0.4, -0.2) is 54.3 Å². The second kappa shape index (κ2) is 11.3. The number of benzene rings is 1. The largest absolute Gasteiger partial charge is 0.473 e. The Morgan fingerprint density at radius 3 is 2.93 bits per heavy atom. The van der Waals surface area contributed by atoms with Gasteiger partial charge in [-0.15, -0.1) is 0 Å². The number of nitriles is 1. The van der Waals surface area contributed by atoms with Crippen LogP contribution in [0.3, 0.4) is 0 Å². The molecule has 0 aliphatic carbocycles. The van der Waals surface area contributed by atoms with Crippen LogP contribution in [0.15, 0.2) is 50.6 Å². The van der Waals surface area contributed by atoms with Gasteiger partial charge in [-0.1, -0.05) is 0 Å². The molecule has 1 aromatic carbocycles. The van der Waals surface area contributed by atoms with E-state index in [1.807, 2.05) is 6.07 Å². The second-order valence-corrected chi connectivity index (χ2v) is 7.73. The molecule has 1 saturated heterocycles. The number of sulfonamides is 1. The highest BCUT2D eigenvalue weighted by molar-refractivity contribution is 7.89. The smallest absolute Gasteiger partial charge is 0.240 e. The quantitative estimate of drug-likeness (QED) is 0.356. The topological polar surface area (TPSA) is 125 Å². The minimum Gasteiger partial charge on any atom is -0.473 e. The summed E-state index contributed by atoms with van der Waals surface area (Å²) in [7, 11) is -4.15. The lowest BCUT2D eigenvalue weighted by Gasteiger charge is -2.16. The van der Waals surface area contributed by atoms with E-state index in [0.717, 1.165) is 12.8 Å². The first-order valence-electron chi connectivity index (χ1n) is 10.4. The molecule has 1 fully saturated rings. The average molecular weight is 423 g/mol. The van der Waals surface area contributed by atoms with Crippen molar-refractivity contribution in [3.63, 3.8) is 0 Å². The molecule has 1 aliphatic heterocycles. The number of hydrogen-bond acceptors (Lipinski definition) is 8. The van der Waals surface area contributed by atoms with Gasteiger partial charge in [0.05, 0.1) is 11.5 Å². The zero-order chi connectivity index (χ0) is 23.6. The van der Waals surface area contributed by atoms with E-state index in [4.69, 9.17) is 13.6 Å². The van der Waals surface area contributed by atoms with Crippen molar-refractivity contribution in [3.8, 4) is 6.07 Å². The Kier molecular flexibility index (Phi) is 7.13. The predicted octanol–water partition coefficient (Wildman–Crippen LogP) is 2.06. The highest BCUT2D eigenvalue weighted by atomic mass is 32.2. The van der Waals surface area contributed by atoms with Crippen LogP contribution in [0.25, 0.3) is 0 Å². The number of anilines is 1. The molecule has 0 aromatic heterocycles. The standard InChI is InChI=1S/C19H25N5O4S/c1-21-19(28-17-4-3-10-27-11-9-17)15(12-20)13-23-14-24-16-5-7-18(8-6-16)29(25,26)22-2/h5-8,13,17,22,24H,1,3-4,9-11,14H2,2H3/b19-15+,23-13-/t17-/m0/s1/i2D3. The molecular formula is C19H25N5O4S. The van der Waals surface area contributed by atoms with E-state index >= 15 is 0 Å². The molecule has 0 saturated carbocycles. The van der Waals surface area contributed by atoms with E-state index in [1.54, 1.807) is 4.72 Å². The highest BCUT2D eigenvalue weighted by Gasteiger charge is 2.16. The molecular weight excluding hydrogens is 394 g/mol. The van der Waals surface area contributed by atoms with Gasteiger partial charge in [0.2, 0.25) is 15.9 Å². The molecule has 2 rings (SSSR count). The molecule has 1 atom stereocenters. The molecule has 9 nitrogen and oxygen atoms in total. The Bertz CT molecular complexity index is 978. The number of rotatable bonds is 9. The lowest BCUT2D eigenvalue weighted by atomic mass is 10.1. The molecule has 2 N–H and O–H groups in total. The van der Waals surface area contributed by atoms with E-state index in [0.29, 0.717) is 25.3 Å². The summed E-state index contributed by atoms with van der Waals surface area (Å²) >= 11 is 0. The Morgan fingerprint density at radius 1 is 1.45 bits per heavy atom. The zero-order valence-corrected chi connectivity index (χ0v) is 16.6. The summed E-state index contributed by atoms with van der Waals surface area (Å²) in [6.07, 6.45) is 3.57. The van der Waals surface area contributed by atoms with Crippen molar-refractivity contribution >= 4 is 28.6 Å². The molecule has 29 heavy (non-hydrogen) atoms. The zero-order valence-electron chi connectivity index (χ0n) is 18.8. The first-order valence-corrected chi connectivity index (χ1v) is 10.4. The second-order valence-electron chi connectivity index (χ2n) is 6.05. The van der Waals surface area contributed by atoms with Crippen LogP contribution < -0.4 is 10.0 Å². The maximum Gasteiger partial charge on any atom is 0.240 e. The highest BCUT2D eigenvalue weighted by Crippen LogP contribution is 2.18. The first-order chi connectivity index (χ1) is 15.1. The molecule has 0 unspecified atom stereocenters. The molecule has 10 heteroatoms. The van der Waals surface area contributed by atoms with Crippen molar-refractivity contribution in [2.75, 3.05) is 32.2 Å². The molecule has 1 aliphatic rings. The summed E-state index contributed by atoms with van der Waals surface area (Å²) in [6, 6.07) is 7.47. The fourth-order valence-electron chi connectivity index (χ4n) is 2.55. The number of nitrogens with zero attached hydrogens (tertiary/aromatic N) is 3. The SMILES string of the molecule is [2H]C([2H])([2H])NS(=O)(=O)c1ccc(NC/N=C\C(C#N)=C(/N=C)O[C@H]2CCCOCC2)cc1. The predicted molar refractivity (Wildman–Crippen MR) is 111 cm³/mol. The molecule has 0 amide bonds. The Morgan fingerprint density at radius 2 is 2.24 bits per heavy atom. The minimum atomic E-state index is -4.15. The maximum atomic E-state index is 12.0. The van der Waals surface area contributed by atoms with E-state index in [2.05, 4.69) is 22.0 Å². The Hall–Kier alpha value is -2.74. The van der Waals surface area contributed by atoms with Gasteiger partial charge in [0.1, 0.15) is 24.4 Å². The van der Waals surface area contributed by atoms with Crippen molar-refractivity contribution in [1.82, 2.24) is 4.72 Å². The Balaban J connectivity index is 1.97. The minimum absolute atomic E-state index is 0.0898. The van der Waals surface area contributed by atoms with E-state index in [9.17, 15) is 13.7 Å². The molecule has 0 radical (unpaired) electrons. The number of aliphatic imine (C=N–C) groups is 2. The third-order valence-electron chi connectivity index (χ3n) is 4.07. The van der Waals surface area contributed by atoms with Gasteiger partial charge in [-0.3, -0.25) is 4.99 Å². The molecule has 1 aromatic rings. The van der Waals surface area contributed by atoms with Gasteiger partial charge in [-0.25, -0.2) is 18.1 Å². The summed E-state index contributed by atoms with van der Waals surface area (Å²) in [5, 5.41) is 12.3. The Labute approximate surface area is 175 Å². The third kappa shape index (κ3) is 6.98. The fraction of sp³-hybridized carbons (Fsp3) is 0.421. The fourth-order valence-corrected chi connectivity index (χ4v) is 3.16. The van der Waals surface area contributed by atoms with Gasteiger partial charge in [-0.2, -0.15) is 5.26 Å². The maximum absolute atomic E-state index is 12.0. The van der Waals surface area contributed by atoms with Gasteiger partial charge in [0.25, 0.3) is 0 Å². The van der Waals surface area contributed by atoms with Crippen molar-refractivity contribution < 1.29 is 22.0 Å². The van der Waals surface area contributed by atoms with Crippen LogP contribution in [0.2, 0.25) is 0 Å². The number of hydrogen-bond donors (Lipinski definition) is 2. The molecule has 156 valence electrons. The van der Waals surface area contributed by atoms with Gasteiger partial charge in [0, 0.05) is 29.0 Å².